The zero-order chi connectivity index (χ0) is 15.2. The van der Waals surface area contributed by atoms with E-state index in [9.17, 15) is 8.78 Å². The number of anilines is 1. The highest BCUT2D eigenvalue weighted by Crippen LogP contribution is 2.32. The Labute approximate surface area is 129 Å². The SMILES string of the molecule is COc1cccc(CNc2ccc(Br)nc2)c1OC(F)F. The maximum Gasteiger partial charge on any atom is 0.387 e. The zero-order valence-corrected chi connectivity index (χ0v) is 12.7. The molecule has 0 saturated carbocycles. The fraction of sp³-hybridized carbons (Fsp3) is 0.214. The lowest BCUT2D eigenvalue weighted by Crippen LogP contribution is -2.08. The Bertz CT molecular complexity index is 594. The van der Waals surface area contributed by atoms with Crippen LogP contribution in [0.25, 0.3) is 0 Å². The van der Waals surface area contributed by atoms with Crippen LogP contribution >= 0.6 is 15.9 Å². The van der Waals surface area contributed by atoms with E-state index in [2.05, 4.69) is 31.0 Å². The third-order valence-corrected chi connectivity index (χ3v) is 3.17. The lowest BCUT2D eigenvalue weighted by atomic mass is 10.2. The minimum Gasteiger partial charge on any atom is -0.493 e. The average Bonchev–Trinajstić information content (AvgIpc) is 2.47. The molecule has 112 valence electrons. The van der Waals surface area contributed by atoms with Gasteiger partial charge < -0.3 is 14.8 Å². The highest BCUT2D eigenvalue weighted by atomic mass is 79.9. The molecule has 0 aliphatic heterocycles. The topological polar surface area (TPSA) is 43.4 Å². The molecule has 7 heteroatoms. The maximum absolute atomic E-state index is 12.5. The van der Waals surface area contributed by atoms with E-state index in [4.69, 9.17) is 4.74 Å². The van der Waals surface area contributed by atoms with Gasteiger partial charge in [-0.1, -0.05) is 12.1 Å². The molecule has 1 aromatic heterocycles. The number of alkyl halides is 2. The maximum atomic E-state index is 12.5. The summed E-state index contributed by atoms with van der Waals surface area (Å²) in [5.74, 6) is 0.302. The Morgan fingerprint density at radius 1 is 1.29 bits per heavy atom. The smallest absolute Gasteiger partial charge is 0.387 e. The molecule has 0 saturated heterocycles. The molecule has 0 aliphatic rings. The molecule has 0 aliphatic carbocycles. The molecular weight excluding hydrogens is 346 g/mol. The van der Waals surface area contributed by atoms with Gasteiger partial charge in [0.25, 0.3) is 0 Å². The van der Waals surface area contributed by atoms with E-state index in [1.54, 1.807) is 30.5 Å². The second-order valence-electron chi connectivity index (χ2n) is 4.05. The van der Waals surface area contributed by atoms with Crippen molar-refractivity contribution in [1.29, 1.82) is 0 Å². The van der Waals surface area contributed by atoms with Gasteiger partial charge in [-0.2, -0.15) is 8.78 Å². The van der Waals surface area contributed by atoms with Crippen LogP contribution in [0.4, 0.5) is 14.5 Å². The summed E-state index contributed by atoms with van der Waals surface area (Å²) in [4.78, 5) is 4.07. The first-order chi connectivity index (χ1) is 10.1. The van der Waals surface area contributed by atoms with Gasteiger partial charge in [-0.15, -0.1) is 0 Å². The van der Waals surface area contributed by atoms with Crippen molar-refractivity contribution >= 4 is 21.6 Å². The highest BCUT2D eigenvalue weighted by Gasteiger charge is 2.15. The van der Waals surface area contributed by atoms with E-state index >= 15 is 0 Å². The largest absolute Gasteiger partial charge is 0.493 e. The Kier molecular flexibility index (Phi) is 5.32. The van der Waals surface area contributed by atoms with E-state index in [0.717, 1.165) is 10.3 Å². The second kappa shape index (κ2) is 7.21. The summed E-state index contributed by atoms with van der Waals surface area (Å²) in [6.07, 6.45) is 1.64. The first kappa shape index (κ1) is 15.5. The molecule has 1 heterocycles. The molecule has 0 spiro atoms. The minimum absolute atomic E-state index is 0.0348. The molecular formula is C14H13BrF2N2O2. The summed E-state index contributed by atoms with van der Waals surface area (Å²) in [6.45, 7) is -2.60. The van der Waals surface area contributed by atoms with Crippen LogP contribution in [-0.2, 0) is 6.54 Å². The molecule has 0 radical (unpaired) electrons. The Balaban J connectivity index is 2.16. The quantitative estimate of drug-likeness (QED) is 0.790. The van der Waals surface area contributed by atoms with Gasteiger partial charge in [-0.3, -0.25) is 0 Å². The number of ether oxygens (including phenoxy) is 2. The standard InChI is InChI=1S/C14H13BrF2N2O2/c1-20-11-4-2-3-9(13(11)21-14(16)17)7-18-10-5-6-12(15)19-8-10/h2-6,8,14,18H,7H2,1H3. The Morgan fingerprint density at radius 2 is 2.10 bits per heavy atom. The molecule has 0 amide bonds. The number of hydrogen-bond donors (Lipinski definition) is 1. The molecule has 21 heavy (non-hydrogen) atoms. The van der Waals surface area contributed by atoms with E-state index in [0.29, 0.717) is 12.1 Å². The number of nitrogens with zero attached hydrogens (tertiary/aromatic N) is 1. The molecule has 0 fully saturated rings. The van der Waals surface area contributed by atoms with Gasteiger partial charge in [0.2, 0.25) is 0 Å². The van der Waals surface area contributed by atoms with Crippen LogP contribution in [0.3, 0.4) is 0 Å². The van der Waals surface area contributed by atoms with Gasteiger partial charge in [0.15, 0.2) is 11.5 Å². The lowest BCUT2D eigenvalue weighted by Gasteiger charge is -2.15. The van der Waals surface area contributed by atoms with Crippen LogP contribution in [0.15, 0.2) is 41.1 Å². The first-order valence-electron chi connectivity index (χ1n) is 6.06. The van der Waals surface area contributed by atoms with E-state index in [1.807, 2.05) is 6.07 Å². The van der Waals surface area contributed by atoms with Gasteiger partial charge in [0.1, 0.15) is 4.60 Å². The van der Waals surface area contributed by atoms with Crippen molar-refractivity contribution in [1.82, 2.24) is 4.98 Å². The monoisotopic (exact) mass is 358 g/mol. The van der Waals surface area contributed by atoms with E-state index in [-0.39, 0.29) is 11.5 Å². The Hall–Kier alpha value is -1.89. The van der Waals surface area contributed by atoms with Crippen LogP contribution in [0.1, 0.15) is 5.56 Å². The summed E-state index contributed by atoms with van der Waals surface area (Å²) in [5, 5.41) is 3.09. The Morgan fingerprint density at radius 3 is 2.71 bits per heavy atom. The van der Waals surface area contributed by atoms with Gasteiger partial charge in [-0.05, 0) is 34.1 Å². The van der Waals surface area contributed by atoms with Crippen molar-refractivity contribution in [2.45, 2.75) is 13.2 Å². The van der Waals surface area contributed by atoms with Gasteiger partial charge >= 0.3 is 6.61 Å². The molecule has 2 aromatic rings. The zero-order valence-electron chi connectivity index (χ0n) is 11.1. The number of methoxy groups -OCH3 is 1. The molecule has 1 N–H and O–H groups in total. The number of rotatable bonds is 6. The molecule has 2 rings (SSSR count). The van der Waals surface area contributed by atoms with Crippen LogP contribution in [0, 0.1) is 0 Å². The van der Waals surface area contributed by atoms with Crippen molar-refractivity contribution < 1.29 is 18.3 Å². The minimum atomic E-state index is -2.91. The summed E-state index contributed by atoms with van der Waals surface area (Å²) >= 11 is 3.24. The number of pyridine rings is 1. The van der Waals surface area contributed by atoms with Crippen molar-refractivity contribution in [3.63, 3.8) is 0 Å². The lowest BCUT2D eigenvalue weighted by molar-refractivity contribution is -0.0517. The predicted molar refractivity (Wildman–Crippen MR) is 78.9 cm³/mol. The van der Waals surface area contributed by atoms with Gasteiger partial charge in [-0.25, -0.2) is 4.98 Å². The summed E-state index contributed by atoms with van der Waals surface area (Å²) < 4.78 is 35.3. The number of nitrogens with one attached hydrogen (secondary N) is 1. The molecule has 0 atom stereocenters. The van der Waals surface area contributed by atoms with Gasteiger partial charge in [0, 0.05) is 12.1 Å². The van der Waals surface area contributed by atoms with E-state index < -0.39 is 6.61 Å². The van der Waals surface area contributed by atoms with Crippen LogP contribution in [-0.4, -0.2) is 18.7 Å². The molecule has 0 bridgehead atoms. The number of benzene rings is 1. The second-order valence-corrected chi connectivity index (χ2v) is 4.86. The number of para-hydroxylation sites is 1. The van der Waals surface area contributed by atoms with Crippen molar-refractivity contribution in [3.05, 3.63) is 46.7 Å². The van der Waals surface area contributed by atoms with Gasteiger partial charge in [0.05, 0.1) is 19.0 Å². The fourth-order valence-corrected chi connectivity index (χ4v) is 2.00. The number of aromatic nitrogens is 1. The van der Waals surface area contributed by atoms with Crippen LogP contribution in [0.5, 0.6) is 11.5 Å². The molecule has 4 nitrogen and oxygen atoms in total. The number of hydrogen-bond acceptors (Lipinski definition) is 4. The third kappa shape index (κ3) is 4.29. The van der Waals surface area contributed by atoms with Crippen molar-refractivity contribution in [3.8, 4) is 11.5 Å². The summed E-state index contributed by atoms with van der Waals surface area (Å²) in [5.41, 5.74) is 1.33. The highest BCUT2D eigenvalue weighted by molar-refractivity contribution is 9.10. The predicted octanol–water partition coefficient (Wildman–Crippen LogP) is 4.07. The third-order valence-electron chi connectivity index (χ3n) is 2.70. The fourth-order valence-electron chi connectivity index (χ4n) is 1.76. The summed E-state index contributed by atoms with van der Waals surface area (Å²) in [7, 11) is 1.41. The first-order valence-corrected chi connectivity index (χ1v) is 6.85. The van der Waals surface area contributed by atoms with Crippen molar-refractivity contribution in [2.24, 2.45) is 0 Å². The summed E-state index contributed by atoms with van der Waals surface area (Å²) in [6, 6.07) is 8.59. The normalized spacial score (nSPS) is 10.5. The van der Waals surface area contributed by atoms with Crippen LogP contribution in [0.2, 0.25) is 0 Å². The number of halogens is 3. The molecule has 0 unspecified atom stereocenters. The van der Waals surface area contributed by atoms with Crippen molar-refractivity contribution in [2.75, 3.05) is 12.4 Å². The average molecular weight is 359 g/mol. The molecule has 1 aromatic carbocycles. The van der Waals surface area contributed by atoms with Crippen LogP contribution < -0.4 is 14.8 Å². The van der Waals surface area contributed by atoms with E-state index in [1.165, 1.54) is 7.11 Å².